The Bertz CT molecular complexity index is 743. The molecule has 0 saturated heterocycles. The number of ether oxygens (including phenoxy) is 1. The fraction of sp³-hybridized carbons (Fsp3) is 0.0625. The van der Waals surface area contributed by atoms with Gasteiger partial charge in [0.25, 0.3) is 5.91 Å². The molecule has 0 unspecified atom stereocenters. The number of fused-ring (bicyclic) bond motifs is 1. The van der Waals surface area contributed by atoms with Crippen molar-refractivity contribution in [2.45, 2.75) is 0 Å². The van der Waals surface area contributed by atoms with Crippen molar-refractivity contribution in [1.29, 1.82) is 0 Å². The lowest BCUT2D eigenvalue weighted by Gasteiger charge is -2.17. The molecule has 1 heterocycles. The molecule has 0 bridgehead atoms. The van der Waals surface area contributed by atoms with Gasteiger partial charge in [0.05, 0.1) is 5.57 Å². The Balaban J connectivity index is 1.82. The number of carbonyl (C=O) groups excluding carboxylic acids is 1. The molecule has 1 amide bonds. The van der Waals surface area contributed by atoms with Gasteiger partial charge >= 0.3 is 0 Å². The van der Waals surface area contributed by atoms with E-state index in [4.69, 9.17) is 4.74 Å². The van der Waals surface area contributed by atoms with Crippen LogP contribution in [0.5, 0.6) is 5.75 Å². The van der Waals surface area contributed by atoms with Crippen LogP contribution in [0, 0.1) is 5.82 Å². The summed E-state index contributed by atoms with van der Waals surface area (Å²) in [6.45, 7) is 0.190. The van der Waals surface area contributed by atoms with E-state index in [0.717, 1.165) is 15.8 Å². The van der Waals surface area contributed by atoms with Gasteiger partial charge in [-0.05, 0) is 42.5 Å². The molecule has 21 heavy (non-hydrogen) atoms. The van der Waals surface area contributed by atoms with Crippen LogP contribution in [-0.4, -0.2) is 12.5 Å². The van der Waals surface area contributed by atoms with Gasteiger partial charge in [-0.2, -0.15) is 0 Å². The third kappa shape index (κ3) is 3.13. The van der Waals surface area contributed by atoms with Crippen LogP contribution in [-0.2, 0) is 4.79 Å². The highest BCUT2D eigenvalue weighted by Crippen LogP contribution is 2.29. The zero-order valence-electron chi connectivity index (χ0n) is 10.9. The zero-order valence-corrected chi connectivity index (χ0v) is 12.5. The summed E-state index contributed by atoms with van der Waals surface area (Å²) < 4.78 is 19.6. The zero-order chi connectivity index (χ0) is 14.8. The van der Waals surface area contributed by atoms with Gasteiger partial charge < -0.3 is 10.1 Å². The van der Waals surface area contributed by atoms with Crippen LogP contribution in [0.15, 0.2) is 52.5 Å². The maximum absolute atomic E-state index is 13.1. The van der Waals surface area contributed by atoms with Crippen molar-refractivity contribution in [2.75, 3.05) is 11.9 Å². The molecule has 0 saturated carbocycles. The molecule has 0 aliphatic carbocycles. The Kier molecular flexibility index (Phi) is 3.75. The third-order valence-electron chi connectivity index (χ3n) is 3.06. The summed E-state index contributed by atoms with van der Waals surface area (Å²) in [5.41, 5.74) is 1.74. The number of benzene rings is 2. The van der Waals surface area contributed by atoms with E-state index in [0.29, 0.717) is 11.3 Å². The quantitative estimate of drug-likeness (QED) is 0.891. The lowest BCUT2D eigenvalue weighted by molar-refractivity contribution is -0.113. The van der Waals surface area contributed by atoms with E-state index in [1.165, 1.54) is 12.1 Å². The second-order valence-electron chi connectivity index (χ2n) is 4.60. The summed E-state index contributed by atoms with van der Waals surface area (Å²) in [4.78, 5) is 12.2. The van der Waals surface area contributed by atoms with Gasteiger partial charge in [0.15, 0.2) is 0 Å². The molecule has 3 nitrogen and oxygen atoms in total. The number of carbonyl (C=O) groups is 1. The second kappa shape index (κ2) is 5.69. The number of hydrogen-bond donors (Lipinski definition) is 1. The van der Waals surface area contributed by atoms with Gasteiger partial charge in [-0.25, -0.2) is 4.39 Å². The Morgan fingerprint density at radius 2 is 2.10 bits per heavy atom. The van der Waals surface area contributed by atoms with Crippen molar-refractivity contribution in [3.8, 4) is 5.75 Å². The predicted molar refractivity (Wildman–Crippen MR) is 82.6 cm³/mol. The first kappa shape index (κ1) is 13.8. The van der Waals surface area contributed by atoms with Crippen LogP contribution in [0.25, 0.3) is 6.08 Å². The average Bonchev–Trinajstić information content (AvgIpc) is 2.46. The maximum atomic E-state index is 13.1. The Morgan fingerprint density at radius 1 is 1.24 bits per heavy atom. The number of rotatable bonds is 2. The molecule has 1 aliphatic heterocycles. The van der Waals surface area contributed by atoms with Crippen molar-refractivity contribution in [1.82, 2.24) is 0 Å². The van der Waals surface area contributed by atoms with Crippen LogP contribution < -0.4 is 10.1 Å². The SMILES string of the molecule is O=C(Nc1cccc(F)c1)C1=Cc2cc(Br)ccc2OC1. The summed E-state index contributed by atoms with van der Waals surface area (Å²) >= 11 is 3.38. The summed E-state index contributed by atoms with van der Waals surface area (Å²) in [5.74, 6) is 0.0441. The minimum atomic E-state index is -0.393. The summed E-state index contributed by atoms with van der Waals surface area (Å²) in [7, 11) is 0. The molecule has 1 N–H and O–H groups in total. The monoisotopic (exact) mass is 347 g/mol. The Hall–Kier alpha value is -2.14. The minimum absolute atomic E-state index is 0.190. The van der Waals surface area contributed by atoms with Gasteiger partial charge in [-0.1, -0.05) is 22.0 Å². The molecular weight excluding hydrogens is 337 g/mol. The van der Waals surface area contributed by atoms with Crippen LogP contribution in [0.3, 0.4) is 0 Å². The molecule has 1 aliphatic rings. The van der Waals surface area contributed by atoms with E-state index in [2.05, 4.69) is 21.2 Å². The normalized spacial score (nSPS) is 13.0. The van der Waals surface area contributed by atoms with Gasteiger partial charge in [0.2, 0.25) is 0 Å². The van der Waals surface area contributed by atoms with Crippen LogP contribution in [0.4, 0.5) is 10.1 Å². The largest absolute Gasteiger partial charge is 0.488 e. The highest BCUT2D eigenvalue weighted by Gasteiger charge is 2.17. The molecular formula is C16H11BrFNO2. The van der Waals surface area contributed by atoms with Crippen LogP contribution >= 0.6 is 15.9 Å². The van der Waals surface area contributed by atoms with E-state index < -0.39 is 5.82 Å². The van der Waals surface area contributed by atoms with Gasteiger partial charge in [0.1, 0.15) is 18.2 Å². The van der Waals surface area contributed by atoms with E-state index in [9.17, 15) is 9.18 Å². The molecule has 0 radical (unpaired) electrons. The topological polar surface area (TPSA) is 38.3 Å². The first-order chi connectivity index (χ1) is 10.1. The summed E-state index contributed by atoms with van der Waals surface area (Å²) in [5, 5.41) is 2.66. The summed E-state index contributed by atoms with van der Waals surface area (Å²) in [6, 6.07) is 11.4. The predicted octanol–water partition coefficient (Wildman–Crippen LogP) is 4.00. The molecule has 2 aromatic rings. The van der Waals surface area contributed by atoms with Crippen molar-refractivity contribution < 1.29 is 13.9 Å². The van der Waals surface area contributed by atoms with Crippen molar-refractivity contribution in [2.24, 2.45) is 0 Å². The number of halogens is 2. The fourth-order valence-corrected chi connectivity index (χ4v) is 2.44. The smallest absolute Gasteiger partial charge is 0.255 e. The first-order valence-electron chi connectivity index (χ1n) is 6.32. The van der Waals surface area contributed by atoms with E-state index in [1.54, 1.807) is 18.2 Å². The lowest BCUT2D eigenvalue weighted by atomic mass is 10.1. The van der Waals surface area contributed by atoms with E-state index >= 15 is 0 Å². The highest BCUT2D eigenvalue weighted by atomic mass is 79.9. The molecule has 0 spiro atoms. The van der Waals surface area contributed by atoms with Gasteiger partial charge in [-0.3, -0.25) is 4.79 Å². The van der Waals surface area contributed by atoms with Crippen LogP contribution in [0.2, 0.25) is 0 Å². The standard InChI is InChI=1S/C16H11BrFNO2/c17-12-4-5-15-10(7-12)6-11(9-21-15)16(20)19-14-3-1-2-13(18)8-14/h1-8H,9H2,(H,19,20). The molecule has 0 atom stereocenters. The molecule has 2 aromatic carbocycles. The van der Waals surface area contributed by atoms with Crippen molar-refractivity contribution >= 4 is 33.6 Å². The average molecular weight is 348 g/mol. The number of amides is 1. The number of hydrogen-bond acceptors (Lipinski definition) is 2. The Morgan fingerprint density at radius 3 is 2.90 bits per heavy atom. The van der Waals surface area contributed by atoms with E-state index in [-0.39, 0.29) is 12.5 Å². The van der Waals surface area contributed by atoms with Crippen molar-refractivity contribution in [3.63, 3.8) is 0 Å². The molecule has 106 valence electrons. The molecule has 0 fully saturated rings. The minimum Gasteiger partial charge on any atom is -0.488 e. The molecule has 0 aromatic heterocycles. The maximum Gasteiger partial charge on any atom is 0.255 e. The fourth-order valence-electron chi connectivity index (χ4n) is 2.06. The third-order valence-corrected chi connectivity index (χ3v) is 3.55. The van der Waals surface area contributed by atoms with E-state index in [1.807, 2.05) is 18.2 Å². The first-order valence-corrected chi connectivity index (χ1v) is 7.11. The molecule has 5 heteroatoms. The highest BCUT2D eigenvalue weighted by molar-refractivity contribution is 9.10. The number of nitrogens with one attached hydrogen (secondary N) is 1. The van der Waals surface area contributed by atoms with Crippen LogP contribution in [0.1, 0.15) is 5.56 Å². The lowest BCUT2D eigenvalue weighted by Crippen LogP contribution is -2.21. The van der Waals surface area contributed by atoms with Gasteiger partial charge in [-0.15, -0.1) is 0 Å². The summed E-state index contributed by atoms with van der Waals surface area (Å²) in [6.07, 6.45) is 1.78. The van der Waals surface area contributed by atoms with Gasteiger partial charge in [0, 0.05) is 15.7 Å². The molecule has 3 rings (SSSR count). The Labute approximate surface area is 129 Å². The number of anilines is 1. The second-order valence-corrected chi connectivity index (χ2v) is 5.52. The van der Waals surface area contributed by atoms with Crippen molar-refractivity contribution in [3.05, 3.63) is 63.9 Å².